The maximum Gasteiger partial charge on any atom is 0.311 e. The average molecular weight is 350 g/mol. The number of aliphatic carboxylic acids is 1. The highest BCUT2D eigenvalue weighted by Crippen LogP contribution is 2.44. The minimum Gasteiger partial charge on any atom is -0.481 e. The highest BCUT2D eigenvalue weighted by atomic mass is 31.2. The van der Waals surface area contributed by atoms with Gasteiger partial charge in [0.2, 0.25) is 0 Å². The summed E-state index contributed by atoms with van der Waals surface area (Å²) in [5.74, 6) is -1.38. The third kappa shape index (κ3) is 3.47. The minimum absolute atomic E-state index is 0.0420. The second-order valence-corrected chi connectivity index (χ2v) is 7.67. The van der Waals surface area contributed by atoms with E-state index >= 15 is 0 Å². The number of rotatable bonds is 6. The molecule has 2 rings (SSSR count). The maximum absolute atomic E-state index is 13.4. The fraction of sp³-hybridized carbons (Fsp3) is 0.0714. The third-order valence-electron chi connectivity index (χ3n) is 3.27. The summed E-state index contributed by atoms with van der Waals surface area (Å²) in [5, 5.41) is 30.8. The fourth-order valence-corrected chi connectivity index (χ4v) is 4.56. The molecule has 0 aromatic heterocycles. The topological polar surface area (TPSA) is 141 Å². The van der Waals surface area contributed by atoms with Crippen LogP contribution in [0.5, 0.6) is 0 Å². The monoisotopic (exact) mass is 350 g/mol. The van der Waals surface area contributed by atoms with Crippen molar-refractivity contribution >= 4 is 35.1 Å². The van der Waals surface area contributed by atoms with E-state index in [1.807, 2.05) is 0 Å². The fourth-order valence-electron chi connectivity index (χ4n) is 2.18. The Labute approximate surface area is 135 Å². The van der Waals surface area contributed by atoms with Gasteiger partial charge in [-0.15, -0.1) is 0 Å². The molecule has 124 valence electrons. The molecule has 0 aliphatic rings. The van der Waals surface area contributed by atoms with E-state index in [1.165, 1.54) is 36.4 Å². The molecule has 2 aromatic carbocycles. The molecule has 24 heavy (non-hydrogen) atoms. The lowest BCUT2D eigenvalue weighted by atomic mass is 10.3. The Kier molecular flexibility index (Phi) is 4.75. The van der Waals surface area contributed by atoms with Crippen LogP contribution in [-0.2, 0) is 9.36 Å². The lowest BCUT2D eigenvalue weighted by molar-refractivity contribution is -0.384. The van der Waals surface area contributed by atoms with Crippen LogP contribution >= 0.6 is 7.14 Å². The lowest BCUT2D eigenvalue weighted by Crippen LogP contribution is -2.22. The van der Waals surface area contributed by atoms with Gasteiger partial charge in [0.05, 0.1) is 9.85 Å². The van der Waals surface area contributed by atoms with E-state index in [9.17, 15) is 29.6 Å². The van der Waals surface area contributed by atoms with E-state index in [-0.39, 0.29) is 22.0 Å². The minimum atomic E-state index is -3.82. The molecule has 0 heterocycles. The van der Waals surface area contributed by atoms with Crippen LogP contribution in [0.2, 0.25) is 0 Å². The van der Waals surface area contributed by atoms with Crippen molar-refractivity contribution in [1.29, 1.82) is 0 Å². The van der Waals surface area contributed by atoms with Crippen LogP contribution in [-0.4, -0.2) is 27.1 Å². The van der Waals surface area contributed by atoms with Crippen LogP contribution in [0.3, 0.4) is 0 Å². The average Bonchev–Trinajstić information content (AvgIpc) is 2.54. The molecule has 0 saturated carbocycles. The van der Waals surface area contributed by atoms with Gasteiger partial charge >= 0.3 is 5.97 Å². The summed E-state index contributed by atoms with van der Waals surface area (Å²) in [5.41, 5.74) is -0.688. The molecule has 0 spiro atoms. The van der Waals surface area contributed by atoms with Crippen molar-refractivity contribution in [2.75, 3.05) is 6.16 Å². The van der Waals surface area contributed by atoms with Gasteiger partial charge in [0.25, 0.3) is 11.4 Å². The van der Waals surface area contributed by atoms with Crippen LogP contribution in [0.25, 0.3) is 0 Å². The Morgan fingerprint density at radius 3 is 1.71 bits per heavy atom. The van der Waals surface area contributed by atoms with E-state index < -0.39 is 29.1 Å². The molecular formula is C14H11N2O7P. The Morgan fingerprint density at radius 2 is 1.38 bits per heavy atom. The molecule has 0 aliphatic carbocycles. The number of nitro groups is 2. The van der Waals surface area contributed by atoms with E-state index in [4.69, 9.17) is 5.11 Å². The predicted molar refractivity (Wildman–Crippen MR) is 85.6 cm³/mol. The maximum atomic E-state index is 13.4. The first kappa shape index (κ1) is 17.3. The summed E-state index contributed by atoms with van der Waals surface area (Å²) < 4.78 is 13.4. The molecule has 0 fully saturated rings. The number of benzene rings is 2. The van der Waals surface area contributed by atoms with Crippen LogP contribution in [0, 0.1) is 20.2 Å². The zero-order valence-electron chi connectivity index (χ0n) is 12.1. The molecule has 10 heteroatoms. The zero-order chi connectivity index (χ0) is 17.9. The molecule has 9 nitrogen and oxygen atoms in total. The first-order valence-electron chi connectivity index (χ1n) is 6.55. The van der Waals surface area contributed by atoms with Crippen molar-refractivity contribution in [3.8, 4) is 0 Å². The van der Waals surface area contributed by atoms with Gasteiger partial charge in [-0.2, -0.15) is 0 Å². The largest absolute Gasteiger partial charge is 0.481 e. The predicted octanol–water partition coefficient (Wildman–Crippen LogP) is 1.90. The molecule has 1 N–H and O–H groups in total. The zero-order valence-corrected chi connectivity index (χ0v) is 13.0. The normalized spacial score (nSPS) is 11.0. The van der Waals surface area contributed by atoms with Gasteiger partial charge in [0, 0.05) is 34.9 Å². The molecule has 0 atom stereocenters. The van der Waals surface area contributed by atoms with Gasteiger partial charge < -0.3 is 9.67 Å². The smallest absolute Gasteiger partial charge is 0.311 e. The summed E-state index contributed by atoms with van der Waals surface area (Å²) in [6.45, 7) is 0. The van der Waals surface area contributed by atoms with Crippen molar-refractivity contribution in [2.24, 2.45) is 0 Å². The Balaban J connectivity index is 2.67. The van der Waals surface area contributed by atoms with E-state index in [0.717, 1.165) is 12.1 Å². The molecule has 0 bridgehead atoms. The summed E-state index contributed by atoms with van der Waals surface area (Å²) in [4.78, 5) is 31.6. The Morgan fingerprint density at radius 1 is 0.958 bits per heavy atom. The van der Waals surface area contributed by atoms with E-state index in [1.54, 1.807) is 0 Å². The van der Waals surface area contributed by atoms with Crippen LogP contribution in [0.4, 0.5) is 11.4 Å². The van der Waals surface area contributed by atoms with Gasteiger partial charge in [0.15, 0.2) is 7.14 Å². The number of carboxylic acids is 1. The standard InChI is InChI=1S/C14H11N2O7P/c17-14(18)9-24(23,12-5-1-3-10(7-12)15(19)20)13-6-2-4-11(8-13)16(21)22/h1-8H,9H2,(H,17,18). The second-order valence-electron chi connectivity index (χ2n) is 4.85. The SMILES string of the molecule is O=C(O)CP(=O)(c1cccc([N+](=O)[O-])c1)c1cccc([N+](=O)[O-])c1. The Hall–Kier alpha value is -3.06. The van der Waals surface area contributed by atoms with Gasteiger partial charge in [-0.25, -0.2) is 0 Å². The first-order valence-corrected chi connectivity index (χ1v) is 8.44. The number of hydrogen-bond donors (Lipinski definition) is 1. The van der Waals surface area contributed by atoms with Crippen LogP contribution in [0.15, 0.2) is 48.5 Å². The van der Waals surface area contributed by atoms with Gasteiger partial charge in [0.1, 0.15) is 6.16 Å². The van der Waals surface area contributed by atoms with Crippen LogP contribution < -0.4 is 10.6 Å². The third-order valence-corrected chi connectivity index (χ3v) is 6.21. The molecule has 0 aliphatic heterocycles. The Bertz CT molecular complexity index is 819. The molecule has 0 saturated heterocycles. The van der Waals surface area contributed by atoms with Crippen molar-refractivity contribution < 1.29 is 24.3 Å². The molecule has 0 amide bonds. The first-order chi connectivity index (χ1) is 11.2. The van der Waals surface area contributed by atoms with Crippen molar-refractivity contribution in [3.05, 3.63) is 68.8 Å². The summed E-state index contributed by atoms with van der Waals surface area (Å²) >= 11 is 0. The molecule has 0 radical (unpaired) electrons. The number of non-ortho nitro benzene ring substituents is 2. The van der Waals surface area contributed by atoms with Gasteiger partial charge in [-0.05, 0) is 0 Å². The van der Waals surface area contributed by atoms with E-state index in [0.29, 0.717) is 0 Å². The summed E-state index contributed by atoms with van der Waals surface area (Å²) in [7, 11) is -3.82. The molecular weight excluding hydrogens is 339 g/mol. The van der Waals surface area contributed by atoms with E-state index in [2.05, 4.69) is 0 Å². The van der Waals surface area contributed by atoms with Gasteiger partial charge in [-0.1, -0.05) is 24.3 Å². The van der Waals surface area contributed by atoms with Gasteiger partial charge in [-0.3, -0.25) is 25.0 Å². The van der Waals surface area contributed by atoms with Crippen molar-refractivity contribution in [2.45, 2.75) is 0 Å². The number of nitrogens with zero attached hydrogens (tertiary/aromatic N) is 2. The van der Waals surface area contributed by atoms with Crippen molar-refractivity contribution in [1.82, 2.24) is 0 Å². The number of nitro benzene ring substituents is 2. The second kappa shape index (κ2) is 6.59. The summed E-state index contributed by atoms with van der Waals surface area (Å²) in [6, 6.07) is 9.64. The van der Waals surface area contributed by atoms with Crippen LogP contribution in [0.1, 0.15) is 0 Å². The molecule has 2 aromatic rings. The number of carboxylic acid groups (broad SMARTS) is 1. The highest BCUT2D eigenvalue weighted by Gasteiger charge is 2.32. The summed E-state index contributed by atoms with van der Waals surface area (Å²) in [6.07, 6.45) is -0.810. The van der Waals surface area contributed by atoms with Crippen molar-refractivity contribution in [3.63, 3.8) is 0 Å². The molecule has 0 unspecified atom stereocenters. The quantitative estimate of drug-likeness (QED) is 0.476. The number of carbonyl (C=O) groups is 1. The highest BCUT2D eigenvalue weighted by molar-refractivity contribution is 7.79. The number of hydrogen-bond acceptors (Lipinski definition) is 6. The lowest BCUT2D eigenvalue weighted by Gasteiger charge is -2.17.